The number of nitrogens with one attached hydrogen (secondary N) is 1. The van der Waals surface area contributed by atoms with E-state index in [-0.39, 0.29) is 6.54 Å². The molecule has 0 bridgehead atoms. The fraction of sp³-hybridized carbons (Fsp3) is 0.800. The van der Waals surface area contributed by atoms with E-state index in [1.54, 1.807) is 0 Å². The van der Waals surface area contributed by atoms with E-state index in [1.165, 1.54) is 5.32 Å². The van der Waals surface area contributed by atoms with Crippen LogP contribution >= 0.6 is 0 Å². The van der Waals surface area contributed by atoms with E-state index in [4.69, 9.17) is 10.8 Å². The summed E-state index contributed by atoms with van der Waals surface area (Å²) in [6.07, 6.45) is -6.05. The van der Waals surface area contributed by atoms with E-state index in [0.29, 0.717) is 0 Å². The zero-order valence-electron chi connectivity index (χ0n) is 6.06. The van der Waals surface area contributed by atoms with Gasteiger partial charge in [-0.15, -0.1) is 0 Å². The summed E-state index contributed by atoms with van der Waals surface area (Å²) in [5.41, 5.74) is 4.88. The second kappa shape index (κ2) is 4.27. The Hall–Kier alpha value is -0.820. The number of halogens is 3. The molecule has 0 aromatic rings. The maximum absolute atomic E-state index is 11.5. The van der Waals surface area contributed by atoms with E-state index in [9.17, 15) is 18.0 Å². The Bertz CT molecular complexity index is 159. The predicted molar refractivity (Wildman–Crippen MR) is 34.1 cm³/mol. The minimum Gasteiger partial charge on any atom is -0.390 e. The third-order valence-electron chi connectivity index (χ3n) is 1.03. The zero-order valence-corrected chi connectivity index (χ0v) is 6.06. The van der Waals surface area contributed by atoms with Gasteiger partial charge in [0.25, 0.3) is 0 Å². The highest BCUT2D eigenvalue weighted by Crippen LogP contribution is 2.13. The molecule has 0 aliphatic rings. The second-order valence-corrected chi connectivity index (χ2v) is 2.10. The Balaban J connectivity index is 3.73. The highest BCUT2D eigenvalue weighted by Gasteiger charge is 2.38. The Morgan fingerprint density at radius 1 is 1.58 bits per heavy atom. The number of nitrogens with two attached hydrogens (primary N) is 1. The Labute approximate surface area is 66.5 Å². The van der Waals surface area contributed by atoms with Crippen LogP contribution in [0.2, 0.25) is 0 Å². The number of amides is 1. The molecule has 1 atom stereocenters. The Kier molecular flexibility index (Phi) is 3.98. The van der Waals surface area contributed by atoms with Gasteiger partial charge in [0, 0.05) is 13.1 Å². The topological polar surface area (TPSA) is 75.3 Å². The van der Waals surface area contributed by atoms with E-state index in [0.717, 1.165) is 0 Å². The lowest BCUT2D eigenvalue weighted by Crippen LogP contribution is -2.42. The van der Waals surface area contributed by atoms with Crippen LogP contribution in [0.15, 0.2) is 0 Å². The standard InChI is InChI=1S/C5H9F3N2O2/c6-5(7,8)4(12)10-2-3(11)1-9/h3,11H,1-2,9H2,(H,10,12). The first-order valence-electron chi connectivity index (χ1n) is 3.11. The van der Waals surface area contributed by atoms with Gasteiger partial charge in [-0.25, -0.2) is 0 Å². The molecule has 0 aromatic carbocycles. The molecule has 12 heavy (non-hydrogen) atoms. The average Bonchev–Trinajstić information content (AvgIpc) is 1.97. The van der Waals surface area contributed by atoms with Crippen molar-refractivity contribution in [3.63, 3.8) is 0 Å². The van der Waals surface area contributed by atoms with Gasteiger partial charge in [0.2, 0.25) is 0 Å². The first-order valence-corrected chi connectivity index (χ1v) is 3.11. The van der Waals surface area contributed by atoms with Crippen LogP contribution in [0, 0.1) is 0 Å². The highest BCUT2D eigenvalue weighted by atomic mass is 19.4. The molecule has 1 amide bonds. The maximum atomic E-state index is 11.5. The molecule has 0 spiro atoms. The van der Waals surface area contributed by atoms with Gasteiger partial charge in [-0.1, -0.05) is 0 Å². The van der Waals surface area contributed by atoms with Crippen molar-refractivity contribution in [2.45, 2.75) is 12.3 Å². The lowest BCUT2D eigenvalue weighted by molar-refractivity contribution is -0.173. The number of carbonyl (C=O) groups is 1. The van der Waals surface area contributed by atoms with Crippen LogP contribution in [-0.2, 0) is 4.79 Å². The van der Waals surface area contributed by atoms with E-state index < -0.39 is 24.7 Å². The monoisotopic (exact) mass is 186 g/mol. The van der Waals surface area contributed by atoms with Gasteiger partial charge >= 0.3 is 12.1 Å². The van der Waals surface area contributed by atoms with E-state index in [2.05, 4.69) is 0 Å². The Morgan fingerprint density at radius 2 is 2.08 bits per heavy atom. The third-order valence-corrected chi connectivity index (χ3v) is 1.03. The third kappa shape index (κ3) is 4.14. The fourth-order valence-electron chi connectivity index (χ4n) is 0.394. The van der Waals surface area contributed by atoms with Crippen LogP contribution in [0.5, 0.6) is 0 Å². The molecular formula is C5H9F3N2O2. The van der Waals surface area contributed by atoms with Gasteiger partial charge in [0.05, 0.1) is 6.10 Å². The molecule has 0 heterocycles. The molecule has 4 nitrogen and oxygen atoms in total. The quantitative estimate of drug-likeness (QED) is 0.528. The maximum Gasteiger partial charge on any atom is 0.471 e. The van der Waals surface area contributed by atoms with Gasteiger partial charge in [0.15, 0.2) is 0 Å². The van der Waals surface area contributed by atoms with Gasteiger partial charge in [-0.05, 0) is 0 Å². The summed E-state index contributed by atoms with van der Waals surface area (Å²) >= 11 is 0. The number of aliphatic hydroxyl groups excluding tert-OH is 1. The fourth-order valence-corrected chi connectivity index (χ4v) is 0.394. The second-order valence-electron chi connectivity index (χ2n) is 2.10. The van der Waals surface area contributed by atoms with Crippen molar-refractivity contribution < 1.29 is 23.1 Å². The number of hydrogen-bond acceptors (Lipinski definition) is 3. The first-order chi connectivity index (χ1) is 5.38. The molecule has 0 rings (SSSR count). The number of carbonyl (C=O) groups excluding carboxylic acids is 1. The molecule has 0 radical (unpaired) electrons. The van der Waals surface area contributed by atoms with Crippen molar-refractivity contribution in [3.8, 4) is 0 Å². The largest absolute Gasteiger partial charge is 0.471 e. The molecule has 0 aromatic heterocycles. The van der Waals surface area contributed by atoms with Crippen molar-refractivity contribution in [2.75, 3.05) is 13.1 Å². The van der Waals surface area contributed by atoms with Crippen molar-refractivity contribution in [1.82, 2.24) is 5.32 Å². The molecule has 0 aliphatic heterocycles. The van der Waals surface area contributed by atoms with Crippen LogP contribution < -0.4 is 11.1 Å². The number of hydrogen-bond donors (Lipinski definition) is 3. The first kappa shape index (κ1) is 11.2. The van der Waals surface area contributed by atoms with Crippen LogP contribution in [0.1, 0.15) is 0 Å². The molecule has 4 N–H and O–H groups in total. The zero-order chi connectivity index (χ0) is 9.78. The van der Waals surface area contributed by atoms with Crippen LogP contribution in [0.3, 0.4) is 0 Å². The summed E-state index contributed by atoms with van der Waals surface area (Å²) in [6.45, 7) is -0.688. The predicted octanol–water partition coefficient (Wildman–Crippen LogP) is -1.02. The Morgan fingerprint density at radius 3 is 2.42 bits per heavy atom. The van der Waals surface area contributed by atoms with Crippen molar-refractivity contribution in [2.24, 2.45) is 5.73 Å². The number of alkyl halides is 3. The number of aliphatic hydroxyl groups is 1. The molecule has 0 saturated carbocycles. The van der Waals surface area contributed by atoms with Crippen molar-refractivity contribution >= 4 is 5.91 Å². The summed E-state index contributed by atoms with van der Waals surface area (Å²) < 4.78 is 34.4. The summed E-state index contributed by atoms with van der Waals surface area (Å²) in [7, 11) is 0. The van der Waals surface area contributed by atoms with Crippen LogP contribution in [-0.4, -0.2) is 36.4 Å². The van der Waals surface area contributed by atoms with Gasteiger partial charge in [0.1, 0.15) is 0 Å². The molecule has 0 fully saturated rings. The molecule has 0 saturated heterocycles. The van der Waals surface area contributed by atoms with Gasteiger partial charge in [-0.2, -0.15) is 13.2 Å². The van der Waals surface area contributed by atoms with Crippen molar-refractivity contribution in [1.29, 1.82) is 0 Å². The van der Waals surface area contributed by atoms with Crippen molar-refractivity contribution in [3.05, 3.63) is 0 Å². The van der Waals surface area contributed by atoms with E-state index >= 15 is 0 Å². The number of rotatable bonds is 3. The van der Waals surface area contributed by atoms with Crippen LogP contribution in [0.25, 0.3) is 0 Å². The molecule has 0 aliphatic carbocycles. The van der Waals surface area contributed by atoms with Gasteiger partial charge in [-0.3, -0.25) is 4.79 Å². The van der Waals surface area contributed by atoms with Crippen LogP contribution in [0.4, 0.5) is 13.2 Å². The molecular weight excluding hydrogens is 177 g/mol. The summed E-state index contributed by atoms with van der Waals surface area (Å²) in [6, 6.07) is 0. The highest BCUT2D eigenvalue weighted by molar-refractivity contribution is 5.81. The molecule has 1 unspecified atom stereocenters. The summed E-state index contributed by atoms with van der Waals surface area (Å²) in [5.74, 6) is -2.07. The minimum absolute atomic E-state index is 0.196. The molecule has 72 valence electrons. The summed E-state index contributed by atoms with van der Waals surface area (Å²) in [5, 5.41) is 10.1. The van der Waals surface area contributed by atoms with E-state index in [1.807, 2.05) is 0 Å². The smallest absolute Gasteiger partial charge is 0.390 e. The van der Waals surface area contributed by atoms with Gasteiger partial charge < -0.3 is 16.2 Å². The normalized spacial score (nSPS) is 14.1. The molecule has 7 heteroatoms. The minimum atomic E-state index is -4.91. The average molecular weight is 186 g/mol. The SMILES string of the molecule is NCC(O)CNC(=O)C(F)(F)F. The summed E-state index contributed by atoms with van der Waals surface area (Å²) in [4.78, 5) is 10.1. The lowest BCUT2D eigenvalue weighted by Gasteiger charge is -2.10. The lowest BCUT2D eigenvalue weighted by atomic mass is 10.3.